The molecule has 0 saturated carbocycles. The Hall–Kier alpha value is -2.28. The highest BCUT2D eigenvalue weighted by Gasteiger charge is 2.21. The Morgan fingerprint density at radius 3 is 2.84 bits per heavy atom. The number of halogens is 2. The molecule has 2 aromatic heterocycles. The SMILES string of the molecule is Cc1nn(-c2cc(SCc3ccc(F)c(F)c3)ncn2)c2c1CCC2. The first-order valence-electron chi connectivity index (χ1n) is 8.08. The molecule has 0 fully saturated rings. The van der Waals surface area contributed by atoms with Crippen molar-refractivity contribution in [3.63, 3.8) is 0 Å². The van der Waals surface area contributed by atoms with Gasteiger partial charge in [-0.05, 0) is 49.4 Å². The van der Waals surface area contributed by atoms with E-state index < -0.39 is 11.6 Å². The Bertz CT molecular complexity index is 939. The van der Waals surface area contributed by atoms with Crippen molar-refractivity contribution in [1.29, 1.82) is 0 Å². The second-order valence-electron chi connectivity index (χ2n) is 6.03. The van der Waals surface area contributed by atoms with E-state index in [-0.39, 0.29) is 0 Å². The molecule has 1 aliphatic rings. The van der Waals surface area contributed by atoms with E-state index in [9.17, 15) is 8.78 Å². The van der Waals surface area contributed by atoms with Gasteiger partial charge >= 0.3 is 0 Å². The molecule has 1 aliphatic carbocycles. The summed E-state index contributed by atoms with van der Waals surface area (Å²) in [6.45, 7) is 2.03. The molecule has 0 saturated heterocycles. The third kappa shape index (κ3) is 3.16. The maximum Gasteiger partial charge on any atom is 0.159 e. The molecular weight excluding hydrogens is 342 g/mol. The zero-order valence-electron chi connectivity index (χ0n) is 13.7. The van der Waals surface area contributed by atoms with Crippen molar-refractivity contribution < 1.29 is 8.78 Å². The maximum atomic E-state index is 13.3. The number of aryl methyl sites for hydroxylation is 1. The minimum Gasteiger partial charge on any atom is -0.230 e. The summed E-state index contributed by atoms with van der Waals surface area (Å²) in [5.41, 5.74) is 4.32. The van der Waals surface area contributed by atoms with Crippen LogP contribution in [0, 0.1) is 18.6 Å². The molecule has 0 N–H and O–H groups in total. The summed E-state index contributed by atoms with van der Waals surface area (Å²) < 4.78 is 28.2. The van der Waals surface area contributed by atoms with E-state index in [1.165, 1.54) is 35.4 Å². The van der Waals surface area contributed by atoms with Gasteiger partial charge in [-0.3, -0.25) is 0 Å². The van der Waals surface area contributed by atoms with Gasteiger partial charge in [-0.25, -0.2) is 23.4 Å². The van der Waals surface area contributed by atoms with Crippen molar-refractivity contribution in [2.75, 3.05) is 0 Å². The highest BCUT2D eigenvalue weighted by Crippen LogP contribution is 2.28. The number of rotatable bonds is 4. The molecule has 128 valence electrons. The number of hydrogen-bond donors (Lipinski definition) is 0. The number of fused-ring (bicyclic) bond motifs is 1. The summed E-state index contributed by atoms with van der Waals surface area (Å²) in [6, 6.07) is 5.83. The van der Waals surface area contributed by atoms with Gasteiger partial charge in [0, 0.05) is 17.5 Å². The quantitative estimate of drug-likeness (QED) is 0.522. The van der Waals surface area contributed by atoms with Crippen molar-refractivity contribution >= 4 is 11.8 Å². The lowest BCUT2D eigenvalue weighted by Gasteiger charge is -2.06. The summed E-state index contributed by atoms with van der Waals surface area (Å²) in [6.07, 6.45) is 4.75. The topological polar surface area (TPSA) is 43.6 Å². The normalized spacial score (nSPS) is 13.2. The smallest absolute Gasteiger partial charge is 0.159 e. The molecule has 0 unspecified atom stereocenters. The molecule has 3 aromatic rings. The Morgan fingerprint density at radius 2 is 2.00 bits per heavy atom. The van der Waals surface area contributed by atoms with Gasteiger partial charge in [0.15, 0.2) is 17.5 Å². The molecule has 0 bridgehead atoms. The van der Waals surface area contributed by atoms with Gasteiger partial charge in [0.2, 0.25) is 0 Å². The molecule has 0 spiro atoms. The number of nitrogens with zero attached hydrogens (tertiary/aromatic N) is 4. The van der Waals surface area contributed by atoms with Gasteiger partial charge in [-0.2, -0.15) is 5.10 Å². The average Bonchev–Trinajstić information content (AvgIpc) is 3.21. The lowest BCUT2D eigenvalue weighted by atomic mass is 10.2. The van der Waals surface area contributed by atoms with Gasteiger partial charge in [0.1, 0.15) is 11.4 Å². The van der Waals surface area contributed by atoms with Gasteiger partial charge in [0.05, 0.1) is 5.69 Å². The van der Waals surface area contributed by atoms with Crippen LogP contribution in [0.25, 0.3) is 5.82 Å². The molecule has 0 radical (unpaired) electrons. The average molecular weight is 358 g/mol. The lowest BCUT2D eigenvalue weighted by molar-refractivity contribution is 0.507. The Balaban J connectivity index is 1.56. The van der Waals surface area contributed by atoms with Crippen LogP contribution in [0.4, 0.5) is 8.78 Å². The summed E-state index contributed by atoms with van der Waals surface area (Å²) >= 11 is 1.46. The number of benzene rings is 1. The summed E-state index contributed by atoms with van der Waals surface area (Å²) in [4.78, 5) is 8.61. The molecule has 2 heterocycles. The van der Waals surface area contributed by atoms with Crippen molar-refractivity contribution in [2.45, 2.75) is 37.0 Å². The Kier molecular flexibility index (Phi) is 4.25. The third-order valence-corrected chi connectivity index (χ3v) is 5.34. The van der Waals surface area contributed by atoms with E-state index in [1.54, 1.807) is 6.07 Å². The first-order valence-corrected chi connectivity index (χ1v) is 9.07. The van der Waals surface area contributed by atoms with Crippen LogP contribution < -0.4 is 0 Å². The van der Waals surface area contributed by atoms with Crippen LogP contribution in [0.2, 0.25) is 0 Å². The van der Waals surface area contributed by atoms with Crippen LogP contribution in [0.5, 0.6) is 0 Å². The second kappa shape index (κ2) is 6.55. The zero-order valence-corrected chi connectivity index (χ0v) is 14.5. The zero-order chi connectivity index (χ0) is 17.4. The fraction of sp³-hybridized carbons (Fsp3) is 0.278. The van der Waals surface area contributed by atoms with E-state index in [1.807, 2.05) is 17.7 Å². The fourth-order valence-corrected chi connectivity index (χ4v) is 3.93. The van der Waals surface area contributed by atoms with Crippen LogP contribution in [-0.2, 0) is 18.6 Å². The summed E-state index contributed by atoms with van der Waals surface area (Å²) in [5, 5.41) is 5.38. The van der Waals surface area contributed by atoms with E-state index in [0.717, 1.165) is 41.9 Å². The van der Waals surface area contributed by atoms with Crippen LogP contribution in [0.3, 0.4) is 0 Å². The minimum absolute atomic E-state index is 0.504. The van der Waals surface area contributed by atoms with E-state index in [2.05, 4.69) is 15.1 Å². The van der Waals surface area contributed by atoms with Crippen molar-refractivity contribution in [3.05, 3.63) is 64.7 Å². The highest BCUT2D eigenvalue weighted by atomic mass is 32.2. The van der Waals surface area contributed by atoms with Gasteiger partial charge in [-0.15, -0.1) is 11.8 Å². The molecule has 0 aliphatic heterocycles. The molecule has 1 aromatic carbocycles. The minimum atomic E-state index is -0.832. The Morgan fingerprint density at radius 1 is 1.12 bits per heavy atom. The van der Waals surface area contributed by atoms with Crippen molar-refractivity contribution in [2.24, 2.45) is 0 Å². The van der Waals surface area contributed by atoms with Gasteiger partial charge < -0.3 is 0 Å². The van der Waals surface area contributed by atoms with E-state index in [4.69, 9.17) is 0 Å². The summed E-state index contributed by atoms with van der Waals surface area (Å²) in [5.74, 6) is -0.414. The van der Waals surface area contributed by atoms with Crippen LogP contribution in [0.1, 0.15) is 28.9 Å². The lowest BCUT2D eigenvalue weighted by Crippen LogP contribution is -2.04. The van der Waals surface area contributed by atoms with Crippen LogP contribution in [-0.4, -0.2) is 19.7 Å². The molecule has 4 rings (SSSR count). The predicted octanol–water partition coefficient (Wildman–Crippen LogP) is 4.03. The Labute approximate surface area is 148 Å². The maximum absolute atomic E-state index is 13.3. The molecule has 0 amide bonds. The van der Waals surface area contributed by atoms with E-state index in [0.29, 0.717) is 11.3 Å². The number of thioether (sulfide) groups is 1. The predicted molar refractivity (Wildman–Crippen MR) is 91.8 cm³/mol. The molecule has 4 nitrogen and oxygen atoms in total. The number of aromatic nitrogens is 4. The standard InChI is InChI=1S/C18H16F2N4S/c1-11-13-3-2-4-16(13)24(23-11)17-8-18(22-10-21-17)25-9-12-5-6-14(19)15(20)7-12/h5-8,10H,2-4,9H2,1H3. The van der Waals surface area contributed by atoms with Crippen molar-refractivity contribution in [3.8, 4) is 5.82 Å². The van der Waals surface area contributed by atoms with E-state index >= 15 is 0 Å². The van der Waals surface area contributed by atoms with Crippen molar-refractivity contribution in [1.82, 2.24) is 19.7 Å². The first kappa shape index (κ1) is 16.2. The van der Waals surface area contributed by atoms with Gasteiger partial charge in [-0.1, -0.05) is 6.07 Å². The fourth-order valence-electron chi connectivity index (χ4n) is 3.12. The third-order valence-electron chi connectivity index (χ3n) is 4.35. The molecular formula is C18H16F2N4S. The van der Waals surface area contributed by atoms with Crippen LogP contribution in [0.15, 0.2) is 35.6 Å². The number of hydrogen-bond acceptors (Lipinski definition) is 4. The van der Waals surface area contributed by atoms with Gasteiger partial charge in [0.25, 0.3) is 0 Å². The molecule has 25 heavy (non-hydrogen) atoms. The highest BCUT2D eigenvalue weighted by molar-refractivity contribution is 7.98. The monoisotopic (exact) mass is 358 g/mol. The largest absolute Gasteiger partial charge is 0.230 e. The second-order valence-corrected chi connectivity index (χ2v) is 7.02. The first-order chi connectivity index (χ1) is 12.1. The molecule has 0 atom stereocenters. The van der Waals surface area contributed by atoms with Crippen LogP contribution >= 0.6 is 11.8 Å². The summed E-state index contributed by atoms with van der Waals surface area (Å²) in [7, 11) is 0. The molecule has 7 heteroatoms.